The van der Waals surface area contributed by atoms with E-state index in [9.17, 15) is 8.42 Å². The second kappa shape index (κ2) is 7.09. The molecule has 2 aromatic carbocycles. The van der Waals surface area contributed by atoms with Gasteiger partial charge in [-0.2, -0.15) is 5.10 Å². The summed E-state index contributed by atoms with van der Waals surface area (Å²) >= 11 is 0. The number of rotatable bonds is 6. The molecule has 0 unspecified atom stereocenters. The molecule has 0 radical (unpaired) electrons. The number of ether oxygens (including phenoxy) is 2. The lowest BCUT2D eigenvalue weighted by Gasteiger charge is -2.12. The van der Waals surface area contributed by atoms with Crippen LogP contribution < -0.4 is 14.2 Å². The second-order valence-electron chi connectivity index (χ2n) is 5.52. The van der Waals surface area contributed by atoms with Gasteiger partial charge in [0.25, 0.3) is 10.0 Å². The zero-order valence-corrected chi connectivity index (χ0v) is 15.4. The monoisotopic (exact) mass is 373 g/mol. The van der Waals surface area contributed by atoms with Crippen molar-refractivity contribution in [1.82, 2.24) is 9.78 Å². The Morgan fingerprint density at radius 1 is 1.00 bits per heavy atom. The van der Waals surface area contributed by atoms with E-state index >= 15 is 0 Å². The molecular weight excluding hydrogens is 354 g/mol. The van der Waals surface area contributed by atoms with Crippen molar-refractivity contribution in [3.63, 3.8) is 0 Å². The van der Waals surface area contributed by atoms with Crippen LogP contribution in [0.5, 0.6) is 11.5 Å². The highest BCUT2D eigenvalue weighted by Crippen LogP contribution is 2.32. The van der Waals surface area contributed by atoms with Gasteiger partial charge in [-0.05, 0) is 12.1 Å². The van der Waals surface area contributed by atoms with E-state index in [0.717, 1.165) is 5.56 Å². The molecule has 0 fully saturated rings. The lowest BCUT2D eigenvalue weighted by molar-refractivity contribution is 0.354. The normalized spacial score (nSPS) is 11.2. The molecule has 0 aliphatic carbocycles. The summed E-state index contributed by atoms with van der Waals surface area (Å²) in [6.45, 7) is 0. The summed E-state index contributed by atoms with van der Waals surface area (Å²) in [6.07, 6.45) is 1.49. The smallest absolute Gasteiger partial charge is 0.262 e. The Hall–Kier alpha value is -3.00. The van der Waals surface area contributed by atoms with Crippen molar-refractivity contribution in [2.24, 2.45) is 7.05 Å². The third-order valence-corrected chi connectivity index (χ3v) is 5.26. The summed E-state index contributed by atoms with van der Waals surface area (Å²) < 4.78 is 40.2. The number of hydrogen-bond donors (Lipinski definition) is 1. The van der Waals surface area contributed by atoms with Crippen molar-refractivity contribution >= 4 is 15.7 Å². The Morgan fingerprint density at radius 3 is 2.35 bits per heavy atom. The van der Waals surface area contributed by atoms with Crippen molar-refractivity contribution in [2.75, 3.05) is 18.9 Å². The SMILES string of the molecule is COc1ccc(S(=O)(=O)Nc2cnn(C)c2-c2ccccc2)cc1OC. The summed E-state index contributed by atoms with van der Waals surface area (Å²) in [5, 5.41) is 4.18. The second-order valence-corrected chi connectivity index (χ2v) is 7.20. The molecule has 0 amide bonds. The lowest BCUT2D eigenvalue weighted by Crippen LogP contribution is -2.13. The third kappa shape index (κ3) is 3.36. The number of hydrogen-bond acceptors (Lipinski definition) is 5. The van der Waals surface area contributed by atoms with E-state index in [0.29, 0.717) is 22.9 Å². The summed E-state index contributed by atoms with van der Waals surface area (Å²) in [4.78, 5) is 0.0676. The number of sulfonamides is 1. The Bertz CT molecular complexity index is 1010. The molecule has 8 heteroatoms. The van der Waals surface area contributed by atoms with E-state index < -0.39 is 10.0 Å². The van der Waals surface area contributed by atoms with Gasteiger partial charge in [-0.15, -0.1) is 0 Å². The van der Waals surface area contributed by atoms with Crippen LogP contribution in [0.1, 0.15) is 0 Å². The summed E-state index contributed by atoms with van der Waals surface area (Å²) in [6, 6.07) is 13.9. The van der Waals surface area contributed by atoms with Gasteiger partial charge < -0.3 is 9.47 Å². The molecule has 1 heterocycles. The van der Waals surface area contributed by atoms with E-state index in [1.165, 1.54) is 32.5 Å². The highest BCUT2D eigenvalue weighted by Gasteiger charge is 2.21. The largest absolute Gasteiger partial charge is 0.493 e. The van der Waals surface area contributed by atoms with E-state index in [2.05, 4.69) is 9.82 Å². The first-order chi connectivity index (χ1) is 12.5. The van der Waals surface area contributed by atoms with Gasteiger partial charge in [-0.25, -0.2) is 8.42 Å². The van der Waals surface area contributed by atoms with Crippen LogP contribution in [0.25, 0.3) is 11.3 Å². The molecule has 26 heavy (non-hydrogen) atoms. The van der Waals surface area contributed by atoms with E-state index in [4.69, 9.17) is 9.47 Å². The minimum absolute atomic E-state index is 0.0676. The topological polar surface area (TPSA) is 82.5 Å². The highest BCUT2D eigenvalue weighted by molar-refractivity contribution is 7.92. The number of benzene rings is 2. The van der Waals surface area contributed by atoms with Crippen molar-refractivity contribution in [3.8, 4) is 22.8 Å². The standard InChI is InChI=1S/C18H19N3O4S/c1-21-18(13-7-5-4-6-8-13)15(12-19-21)20-26(22,23)14-9-10-16(24-2)17(11-14)25-3/h4-12,20H,1-3H3. The molecular formula is C18H19N3O4S. The fourth-order valence-corrected chi connectivity index (χ4v) is 3.70. The van der Waals surface area contributed by atoms with Crippen LogP contribution >= 0.6 is 0 Å². The highest BCUT2D eigenvalue weighted by atomic mass is 32.2. The van der Waals surface area contributed by atoms with E-state index in [-0.39, 0.29) is 4.90 Å². The first-order valence-corrected chi connectivity index (χ1v) is 9.27. The van der Waals surface area contributed by atoms with Gasteiger partial charge in [0.1, 0.15) is 0 Å². The summed E-state index contributed by atoms with van der Waals surface area (Å²) in [5.41, 5.74) is 1.93. The maximum absolute atomic E-state index is 12.8. The van der Waals surface area contributed by atoms with Gasteiger partial charge in [-0.3, -0.25) is 9.40 Å². The molecule has 0 bridgehead atoms. The molecule has 0 saturated carbocycles. The average molecular weight is 373 g/mol. The fourth-order valence-electron chi connectivity index (χ4n) is 2.64. The number of aryl methyl sites for hydroxylation is 1. The first-order valence-electron chi connectivity index (χ1n) is 7.78. The summed E-state index contributed by atoms with van der Waals surface area (Å²) in [5.74, 6) is 0.794. The molecule has 1 N–H and O–H groups in total. The maximum Gasteiger partial charge on any atom is 0.262 e. The molecule has 3 aromatic rings. The summed E-state index contributed by atoms with van der Waals surface area (Å²) in [7, 11) is 0.880. The molecule has 0 aliphatic heterocycles. The zero-order valence-electron chi connectivity index (χ0n) is 14.6. The molecule has 0 aliphatic rings. The predicted molar refractivity (Wildman–Crippen MR) is 99.0 cm³/mol. The van der Waals surface area contributed by atoms with Crippen LogP contribution in [-0.2, 0) is 17.1 Å². The van der Waals surface area contributed by atoms with Crippen LogP contribution in [0, 0.1) is 0 Å². The fraction of sp³-hybridized carbons (Fsp3) is 0.167. The molecule has 3 rings (SSSR count). The van der Waals surface area contributed by atoms with Crippen LogP contribution in [0.2, 0.25) is 0 Å². The Kier molecular flexibility index (Phi) is 4.85. The number of methoxy groups -OCH3 is 2. The van der Waals surface area contributed by atoms with Gasteiger partial charge in [0.2, 0.25) is 0 Å². The van der Waals surface area contributed by atoms with Crippen LogP contribution in [-0.4, -0.2) is 32.4 Å². The lowest BCUT2D eigenvalue weighted by atomic mass is 10.1. The number of nitrogens with zero attached hydrogens (tertiary/aromatic N) is 2. The quantitative estimate of drug-likeness (QED) is 0.718. The van der Waals surface area contributed by atoms with Crippen molar-refractivity contribution in [2.45, 2.75) is 4.90 Å². The number of aromatic nitrogens is 2. The van der Waals surface area contributed by atoms with Gasteiger partial charge in [0.05, 0.1) is 36.7 Å². The van der Waals surface area contributed by atoms with Crippen LogP contribution in [0.3, 0.4) is 0 Å². The van der Waals surface area contributed by atoms with E-state index in [1.807, 2.05) is 30.3 Å². The molecule has 1 aromatic heterocycles. The minimum atomic E-state index is -3.83. The van der Waals surface area contributed by atoms with Crippen molar-refractivity contribution < 1.29 is 17.9 Å². The van der Waals surface area contributed by atoms with Gasteiger partial charge in [0.15, 0.2) is 11.5 Å². The average Bonchev–Trinajstić information content (AvgIpc) is 3.01. The van der Waals surface area contributed by atoms with Gasteiger partial charge in [0, 0.05) is 18.7 Å². The molecule has 7 nitrogen and oxygen atoms in total. The first kappa shape index (κ1) is 17.8. The Labute approximate surface area is 152 Å². The molecule has 0 saturated heterocycles. The van der Waals surface area contributed by atoms with Gasteiger partial charge >= 0.3 is 0 Å². The predicted octanol–water partition coefficient (Wildman–Crippen LogP) is 2.91. The number of anilines is 1. The van der Waals surface area contributed by atoms with Crippen molar-refractivity contribution in [1.29, 1.82) is 0 Å². The zero-order chi connectivity index (χ0) is 18.7. The Balaban J connectivity index is 1.99. The van der Waals surface area contributed by atoms with Crippen LogP contribution in [0.15, 0.2) is 59.6 Å². The molecule has 0 atom stereocenters. The molecule has 136 valence electrons. The minimum Gasteiger partial charge on any atom is -0.493 e. The van der Waals surface area contributed by atoms with Gasteiger partial charge in [-0.1, -0.05) is 30.3 Å². The third-order valence-electron chi connectivity index (χ3n) is 3.90. The van der Waals surface area contributed by atoms with E-state index in [1.54, 1.807) is 17.8 Å². The van der Waals surface area contributed by atoms with Crippen LogP contribution in [0.4, 0.5) is 5.69 Å². The maximum atomic E-state index is 12.8. The van der Waals surface area contributed by atoms with Crippen molar-refractivity contribution in [3.05, 3.63) is 54.7 Å². The number of nitrogens with one attached hydrogen (secondary N) is 1. The Morgan fingerprint density at radius 2 is 1.69 bits per heavy atom. The molecule has 0 spiro atoms.